The van der Waals surface area contributed by atoms with E-state index in [-0.39, 0.29) is 41.6 Å². The van der Waals surface area contributed by atoms with Crippen LogP contribution in [0.15, 0.2) is 17.0 Å². The van der Waals surface area contributed by atoms with Crippen molar-refractivity contribution in [3.05, 3.63) is 18.2 Å². The molecule has 1 saturated heterocycles. The maximum absolute atomic E-state index is 12.4. The predicted molar refractivity (Wildman–Crippen MR) is 86.9 cm³/mol. The van der Waals surface area contributed by atoms with E-state index in [0.29, 0.717) is 13.2 Å². The van der Waals surface area contributed by atoms with Gasteiger partial charge in [0.25, 0.3) is 5.91 Å². The fraction of sp³-hybridized carbons (Fsp3) is 0.467. The summed E-state index contributed by atoms with van der Waals surface area (Å²) in [5, 5.41) is 9.63. The van der Waals surface area contributed by atoms with Crippen molar-refractivity contribution in [1.82, 2.24) is 20.4 Å². The molecule has 1 aliphatic rings. The third-order valence-electron chi connectivity index (χ3n) is 3.26. The standard InChI is InChI=1S/C15H19N5O6/c1-15(2,22)6-25-20-13(21)10-11(16)18-12(9-3-17-7-24-9)19-14(10)26-8-4-23-5-8/h3,7-8,22H,4-6H2,1-2H3,(H,20,21)(H2,16,18,19). The second-order valence-corrected chi connectivity index (χ2v) is 6.29. The maximum Gasteiger partial charge on any atom is 0.284 e. The van der Waals surface area contributed by atoms with Crippen LogP contribution in [0, 0.1) is 0 Å². The van der Waals surface area contributed by atoms with Crippen molar-refractivity contribution in [3.8, 4) is 17.5 Å². The van der Waals surface area contributed by atoms with Crippen LogP contribution in [-0.4, -0.2) is 57.5 Å². The highest BCUT2D eigenvalue weighted by molar-refractivity contribution is 6.00. The molecule has 3 rings (SSSR count). The van der Waals surface area contributed by atoms with E-state index in [4.69, 9.17) is 24.5 Å². The molecule has 2 aromatic rings. The molecular formula is C15H19N5O6. The van der Waals surface area contributed by atoms with Crippen LogP contribution in [0.3, 0.4) is 0 Å². The molecular weight excluding hydrogens is 346 g/mol. The molecule has 0 unspecified atom stereocenters. The van der Waals surface area contributed by atoms with Crippen molar-refractivity contribution in [3.63, 3.8) is 0 Å². The highest BCUT2D eigenvalue weighted by Gasteiger charge is 2.28. The average molecular weight is 365 g/mol. The number of nitrogens with two attached hydrogens (primary N) is 1. The Labute approximate surface area is 148 Å². The lowest BCUT2D eigenvalue weighted by Gasteiger charge is -2.27. The van der Waals surface area contributed by atoms with E-state index in [1.165, 1.54) is 26.4 Å². The number of hydrogen-bond donors (Lipinski definition) is 3. The molecule has 0 aromatic carbocycles. The van der Waals surface area contributed by atoms with Gasteiger partial charge in [-0.3, -0.25) is 9.63 Å². The highest BCUT2D eigenvalue weighted by atomic mass is 16.7. The summed E-state index contributed by atoms with van der Waals surface area (Å²) in [7, 11) is 0. The van der Waals surface area contributed by atoms with Crippen molar-refractivity contribution in [2.24, 2.45) is 0 Å². The summed E-state index contributed by atoms with van der Waals surface area (Å²) in [5.74, 6) is -0.445. The van der Waals surface area contributed by atoms with Crippen LogP contribution in [0.2, 0.25) is 0 Å². The number of nitrogens with one attached hydrogen (secondary N) is 1. The first kappa shape index (κ1) is 18.0. The van der Waals surface area contributed by atoms with Crippen molar-refractivity contribution >= 4 is 11.7 Å². The van der Waals surface area contributed by atoms with Gasteiger partial charge in [0.15, 0.2) is 12.2 Å². The van der Waals surface area contributed by atoms with Gasteiger partial charge in [0, 0.05) is 0 Å². The third-order valence-corrected chi connectivity index (χ3v) is 3.26. The molecule has 0 saturated carbocycles. The molecule has 1 amide bonds. The van der Waals surface area contributed by atoms with Gasteiger partial charge in [0.2, 0.25) is 11.7 Å². The molecule has 0 aliphatic carbocycles. The largest absolute Gasteiger partial charge is 0.469 e. The number of amides is 1. The minimum Gasteiger partial charge on any atom is -0.469 e. The molecule has 26 heavy (non-hydrogen) atoms. The van der Waals surface area contributed by atoms with E-state index >= 15 is 0 Å². The molecule has 0 atom stereocenters. The van der Waals surface area contributed by atoms with Crippen LogP contribution < -0.4 is 16.0 Å². The molecule has 0 radical (unpaired) electrons. The first-order valence-electron chi connectivity index (χ1n) is 7.79. The van der Waals surface area contributed by atoms with Gasteiger partial charge in [0.1, 0.15) is 24.1 Å². The first-order chi connectivity index (χ1) is 12.3. The second-order valence-electron chi connectivity index (χ2n) is 6.29. The maximum atomic E-state index is 12.4. The number of carbonyl (C=O) groups is 1. The number of hydrogen-bond acceptors (Lipinski definition) is 10. The second kappa shape index (κ2) is 7.23. The topological polar surface area (TPSA) is 155 Å². The van der Waals surface area contributed by atoms with Gasteiger partial charge in [-0.15, -0.1) is 0 Å². The highest BCUT2D eigenvalue weighted by Crippen LogP contribution is 2.27. The zero-order valence-electron chi connectivity index (χ0n) is 14.3. The summed E-state index contributed by atoms with van der Waals surface area (Å²) in [5.41, 5.74) is 6.92. The Morgan fingerprint density at radius 1 is 1.46 bits per heavy atom. The Morgan fingerprint density at radius 3 is 2.81 bits per heavy atom. The zero-order chi connectivity index (χ0) is 18.7. The molecule has 1 fully saturated rings. The smallest absolute Gasteiger partial charge is 0.284 e. The lowest BCUT2D eigenvalue weighted by molar-refractivity contribution is -0.0817. The number of anilines is 1. The van der Waals surface area contributed by atoms with Crippen molar-refractivity contribution in [1.29, 1.82) is 0 Å². The summed E-state index contributed by atoms with van der Waals surface area (Å²) < 4.78 is 15.9. The number of rotatable bonds is 7. The Hall–Kier alpha value is -2.76. The van der Waals surface area contributed by atoms with Crippen LogP contribution in [0.1, 0.15) is 24.2 Å². The van der Waals surface area contributed by atoms with E-state index < -0.39 is 11.5 Å². The van der Waals surface area contributed by atoms with Gasteiger partial charge in [-0.1, -0.05) is 0 Å². The third kappa shape index (κ3) is 4.25. The first-order valence-corrected chi connectivity index (χ1v) is 7.79. The number of oxazole rings is 1. The molecule has 140 valence electrons. The predicted octanol–water partition coefficient (Wildman–Crippen LogP) is -0.0763. The van der Waals surface area contributed by atoms with E-state index in [2.05, 4.69) is 20.4 Å². The number of hydroxylamine groups is 1. The van der Waals surface area contributed by atoms with E-state index in [0.717, 1.165) is 0 Å². The minimum absolute atomic E-state index is 0.0263. The van der Waals surface area contributed by atoms with Gasteiger partial charge in [0.05, 0.1) is 25.0 Å². The van der Waals surface area contributed by atoms with Crippen molar-refractivity contribution in [2.45, 2.75) is 25.6 Å². The summed E-state index contributed by atoms with van der Waals surface area (Å²) in [4.78, 5) is 29.5. The van der Waals surface area contributed by atoms with Gasteiger partial charge in [-0.2, -0.15) is 4.98 Å². The van der Waals surface area contributed by atoms with Crippen LogP contribution >= 0.6 is 0 Å². The Morgan fingerprint density at radius 2 is 2.23 bits per heavy atom. The normalized spacial score (nSPS) is 14.7. The number of aromatic nitrogens is 3. The van der Waals surface area contributed by atoms with Gasteiger partial charge < -0.3 is 24.7 Å². The molecule has 2 aromatic heterocycles. The molecule has 0 bridgehead atoms. The molecule has 1 aliphatic heterocycles. The van der Waals surface area contributed by atoms with Crippen molar-refractivity contribution < 1.29 is 28.6 Å². The molecule has 11 heteroatoms. The molecule has 11 nitrogen and oxygen atoms in total. The molecule has 0 spiro atoms. The Kier molecular flexibility index (Phi) is 5.02. The number of aliphatic hydroxyl groups is 1. The summed E-state index contributed by atoms with van der Waals surface area (Å²) in [6.45, 7) is 3.69. The summed E-state index contributed by atoms with van der Waals surface area (Å²) in [6, 6.07) is 0. The number of nitrogen functional groups attached to an aromatic ring is 1. The quantitative estimate of drug-likeness (QED) is 0.567. The summed E-state index contributed by atoms with van der Waals surface area (Å²) in [6.07, 6.45) is 2.38. The number of nitrogens with zero attached hydrogens (tertiary/aromatic N) is 3. The van der Waals surface area contributed by atoms with Gasteiger partial charge in [-0.05, 0) is 13.8 Å². The van der Waals surface area contributed by atoms with Crippen molar-refractivity contribution in [2.75, 3.05) is 25.6 Å². The van der Waals surface area contributed by atoms with E-state index in [9.17, 15) is 9.90 Å². The van der Waals surface area contributed by atoms with E-state index in [1.54, 1.807) is 0 Å². The molecule has 4 N–H and O–H groups in total. The van der Waals surface area contributed by atoms with E-state index in [1.807, 2.05) is 0 Å². The zero-order valence-corrected chi connectivity index (χ0v) is 14.3. The number of ether oxygens (including phenoxy) is 2. The van der Waals surface area contributed by atoms with Crippen LogP contribution in [0.25, 0.3) is 11.6 Å². The fourth-order valence-corrected chi connectivity index (χ4v) is 1.96. The average Bonchev–Trinajstić information content (AvgIpc) is 3.03. The SMILES string of the molecule is CC(C)(O)CONC(=O)c1c(N)nc(-c2cnco2)nc1OC1COC1. The lowest BCUT2D eigenvalue weighted by atomic mass is 10.2. The Bertz CT molecular complexity index is 770. The minimum atomic E-state index is -1.12. The summed E-state index contributed by atoms with van der Waals surface area (Å²) >= 11 is 0. The number of carbonyl (C=O) groups excluding carboxylic acids is 1. The Balaban J connectivity index is 1.85. The van der Waals surface area contributed by atoms with Crippen LogP contribution in [-0.2, 0) is 9.57 Å². The fourth-order valence-electron chi connectivity index (χ4n) is 1.96. The van der Waals surface area contributed by atoms with Gasteiger partial charge in [-0.25, -0.2) is 15.4 Å². The van der Waals surface area contributed by atoms with Gasteiger partial charge >= 0.3 is 0 Å². The monoisotopic (exact) mass is 365 g/mol. The van der Waals surface area contributed by atoms with Crippen LogP contribution in [0.5, 0.6) is 5.88 Å². The molecule has 3 heterocycles. The lowest BCUT2D eigenvalue weighted by Crippen LogP contribution is -2.40. The van der Waals surface area contributed by atoms with Crippen LogP contribution in [0.4, 0.5) is 5.82 Å².